The Morgan fingerprint density at radius 2 is 2.05 bits per heavy atom. The third-order valence-electron chi connectivity index (χ3n) is 2.71. The second-order valence-corrected chi connectivity index (χ2v) is 5.99. The van der Waals surface area contributed by atoms with Crippen LogP contribution in [0.5, 0.6) is 0 Å². The van der Waals surface area contributed by atoms with Gasteiger partial charge in [-0.2, -0.15) is 0 Å². The van der Waals surface area contributed by atoms with Gasteiger partial charge in [-0.3, -0.25) is 14.9 Å². The van der Waals surface area contributed by atoms with E-state index in [1.807, 2.05) is 5.43 Å². The van der Waals surface area contributed by atoms with Crippen LogP contribution in [0.25, 0.3) is 0 Å². The van der Waals surface area contributed by atoms with E-state index >= 15 is 0 Å². The zero-order valence-electron chi connectivity index (χ0n) is 11.0. The molecule has 5 N–H and O–H groups in total. The summed E-state index contributed by atoms with van der Waals surface area (Å²) in [6.45, 7) is 1.71. The van der Waals surface area contributed by atoms with Crippen LogP contribution in [0.4, 0.5) is 10.1 Å². The van der Waals surface area contributed by atoms with Crippen LogP contribution in [0.15, 0.2) is 35.4 Å². The Morgan fingerprint density at radius 1 is 1.33 bits per heavy atom. The molecule has 0 fully saturated rings. The Morgan fingerprint density at radius 3 is 2.71 bits per heavy atom. The number of nitrogens with one attached hydrogen (secondary N) is 3. The number of carbonyl (C=O) groups is 1. The Hall–Kier alpha value is -2.39. The summed E-state index contributed by atoms with van der Waals surface area (Å²) < 4.78 is 40.0. The number of hydrogen-bond acceptors (Lipinski definition) is 4. The van der Waals surface area contributed by atoms with Gasteiger partial charge in [-0.15, -0.1) is 0 Å². The van der Waals surface area contributed by atoms with E-state index in [9.17, 15) is 17.6 Å². The van der Waals surface area contributed by atoms with Crippen LogP contribution >= 0.6 is 0 Å². The van der Waals surface area contributed by atoms with E-state index in [0.717, 1.165) is 18.3 Å². The molecule has 0 atom stereocenters. The van der Waals surface area contributed by atoms with Gasteiger partial charge in [-0.25, -0.2) is 18.7 Å². The van der Waals surface area contributed by atoms with E-state index in [2.05, 4.69) is 9.71 Å². The molecule has 112 valence electrons. The van der Waals surface area contributed by atoms with E-state index in [4.69, 9.17) is 5.84 Å². The third kappa shape index (κ3) is 3.20. The Balaban J connectivity index is 2.32. The summed E-state index contributed by atoms with van der Waals surface area (Å²) in [5, 5.41) is 0. The van der Waals surface area contributed by atoms with Crippen molar-refractivity contribution in [3.8, 4) is 0 Å². The number of rotatable bonds is 4. The third-order valence-corrected chi connectivity index (χ3v) is 4.05. The molecule has 2 aromatic rings. The summed E-state index contributed by atoms with van der Waals surface area (Å²) in [6, 6.07) is 5.15. The molecule has 1 heterocycles. The molecule has 0 aliphatic rings. The van der Waals surface area contributed by atoms with Crippen LogP contribution in [0.2, 0.25) is 0 Å². The molecule has 21 heavy (non-hydrogen) atoms. The second-order valence-electron chi connectivity index (χ2n) is 4.31. The first-order chi connectivity index (χ1) is 9.83. The molecular formula is C12H13FN4O3S. The van der Waals surface area contributed by atoms with Crippen molar-refractivity contribution in [2.45, 2.75) is 11.8 Å². The van der Waals surface area contributed by atoms with Gasteiger partial charge in [0.2, 0.25) is 0 Å². The Labute approximate surface area is 120 Å². The predicted molar refractivity (Wildman–Crippen MR) is 74.4 cm³/mol. The highest BCUT2D eigenvalue weighted by Gasteiger charge is 2.19. The quantitative estimate of drug-likeness (QED) is 0.380. The van der Waals surface area contributed by atoms with Crippen LogP contribution < -0.4 is 16.0 Å². The number of aromatic amines is 1. The zero-order chi connectivity index (χ0) is 15.6. The fraction of sp³-hybridized carbons (Fsp3) is 0.0833. The largest absolute Gasteiger partial charge is 0.356 e. The van der Waals surface area contributed by atoms with Crippen LogP contribution in [-0.2, 0) is 10.0 Å². The van der Waals surface area contributed by atoms with Crippen molar-refractivity contribution in [3.05, 3.63) is 47.5 Å². The summed E-state index contributed by atoms with van der Waals surface area (Å²) in [4.78, 5) is 13.5. The van der Waals surface area contributed by atoms with E-state index in [0.29, 0.717) is 5.56 Å². The molecule has 7 nitrogen and oxygen atoms in total. The normalized spacial score (nSPS) is 11.2. The molecule has 1 aromatic heterocycles. The summed E-state index contributed by atoms with van der Waals surface area (Å²) in [5.41, 5.74) is 2.38. The van der Waals surface area contributed by atoms with E-state index in [1.165, 1.54) is 12.1 Å². The minimum Gasteiger partial charge on any atom is -0.356 e. The number of amides is 1. The number of benzene rings is 1. The highest BCUT2D eigenvalue weighted by Crippen LogP contribution is 2.20. The lowest BCUT2D eigenvalue weighted by Gasteiger charge is -2.08. The molecule has 0 bridgehead atoms. The van der Waals surface area contributed by atoms with Gasteiger partial charge >= 0.3 is 0 Å². The summed E-state index contributed by atoms with van der Waals surface area (Å²) in [5.74, 6) is 3.59. The lowest BCUT2D eigenvalue weighted by molar-refractivity contribution is 0.0949. The van der Waals surface area contributed by atoms with Crippen molar-refractivity contribution in [1.29, 1.82) is 0 Å². The van der Waals surface area contributed by atoms with Gasteiger partial charge in [-0.1, -0.05) is 6.07 Å². The Bertz CT molecular complexity index is 786. The molecule has 2 rings (SSSR count). The van der Waals surface area contributed by atoms with Gasteiger partial charge in [0.15, 0.2) is 0 Å². The average molecular weight is 312 g/mol. The van der Waals surface area contributed by atoms with E-state index in [1.54, 1.807) is 6.92 Å². The van der Waals surface area contributed by atoms with Crippen molar-refractivity contribution in [2.24, 2.45) is 5.84 Å². The number of H-pyrrole nitrogens is 1. The molecule has 0 aliphatic carbocycles. The van der Waals surface area contributed by atoms with Gasteiger partial charge in [-0.05, 0) is 30.7 Å². The van der Waals surface area contributed by atoms with Crippen LogP contribution in [0.3, 0.4) is 0 Å². The number of hydrazine groups is 1. The average Bonchev–Trinajstić information content (AvgIpc) is 2.92. The first-order valence-corrected chi connectivity index (χ1v) is 7.30. The monoisotopic (exact) mass is 312 g/mol. The number of nitrogens with two attached hydrogens (primary N) is 1. The first-order valence-electron chi connectivity index (χ1n) is 5.82. The van der Waals surface area contributed by atoms with Crippen molar-refractivity contribution < 1.29 is 17.6 Å². The molecule has 0 aliphatic heterocycles. The fourth-order valence-electron chi connectivity index (χ4n) is 1.66. The van der Waals surface area contributed by atoms with Crippen LogP contribution in [0.1, 0.15) is 16.1 Å². The lowest BCUT2D eigenvalue weighted by Crippen LogP contribution is -2.30. The van der Waals surface area contributed by atoms with E-state index < -0.39 is 21.7 Å². The van der Waals surface area contributed by atoms with Gasteiger partial charge < -0.3 is 4.98 Å². The van der Waals surface area contributed by atoms with Gasteiger partial charge in [0.05, 0.1) is 5.69 Å². The van der Waals surface area contributed by atoms with Crippen molar-refractivity contribution in [1.82, 2.24) is 10.4 Å². The topological polar surface area (TPSA) is 117 Å². The lowest BCUT2D eigenvalue weighted by atomic mass is 10.2. The maximum Gasteiger partial charge on any atom is 0.281 e. The molecule has 0 unspecified atom stereocenters. The first kappa shape index (κ1) is 15.0. The number of aromatic nitrogens is 1. The molecule has 0 saturated carbocycles. The van der Waals surface area contributed by atoms with Gasteiger partial charge in [0.25, 0.3) is 15.9 Å². The number of carbonyl (C=O) groups excluding carboxylic acids is 1. The number of hydrogen-bond donors (Lipinski definition) is 4. The highest BCUT2D eigenvalue weighted by atomic mass is 32.2. The van der Waals surface area contributed by atoms with Crippen molar-refractivity contribution in [3.63, 3.8) is 0 Å². The Kier molecular flexibility index (Phi) is 3.96. The maximum absolute atomic E-state index is 13.6. The number of aryl methyl sites for hydroxylation is 1. The van der Waals surface area contributed by atoms with Gasteiger partial charge in [0, 0.05) is 6.20 Å². The van der Waals surface area contributed by atoms with Crippen LogP contribution in [-0.4, -0.2) is 19.3 Å². The fourth-order valence-corrected chi connectivity index (χ4v) is 2.71. The molecule has 9 heteroatoms. The summed E-state index contributed by atoms with van der Waals surface area (Å²) >= 11 is 0. The molecule has 1 amide bonds. The summed E-state index contributed by atoms with van der Waals surface area (Å²) in [6.07, 6.45) is 1.11. The summed E-state index contributed by atoms with van der Waals surface area (Å²) in [7, 11) is -4.02. The minimum atomic E-state index is -4.02. The zero-order valence-corrected chi connectivity index (χ0v) is 11.8. The molecule has 0 radical (unpaired) electrons. The number of anilines is 1. The van der Waals surface area contributed by atoms with Crippen LogP contribution in [0, 0.1) is 12.7 Å². The standard InChI is InChI=1S/C12H13FN4O3S/c1-7-2-3-9(13)10(4-7)17-21(19,20)8-5-11(15-6-8)12(18)16-14/h2-6,15,17H,14H2,1H3,(H,16,18). The van der Waals surface area contributed by atoms with E-state index in [-0.39, 0.29) is 16.3 Å². The van der Waals surface area contributed by atoms with Crippen molar-refractivity contribution >= 4 is 21.6 Å². The number of halogens is 1. The number of nitrogen functional groups attached to an aromatic ring is 1. The van der Waals surface area contributed by atoms with Gasteiger partial charge in [0.1, 0.15) is 16.4 Å². The van der Waals surface area contributed by atoms with Crippen molar-refractivity contribution in [2.75, 3.05) is 4.72 Å². The molecule has 0 spiro atoms. The maximum atomic E-state index is 13.6. The molecule has 0 saturated heterocycles. The number of sulfonamides is 1. The SMILES string of the molecule is Cc1ccc(F)c(NS(=O)(=O)c2c[nH]c(C(=O)NN)c2)c1. The molecule has 1 aromatic carbocycles. The molecular weight excluding hydrogens is 299 g/mol. The minimum absolute atomic E-state index is 0.0254. The highest BCUT2D eigenvalue weighted by molar-refractivity contribution is 7.92. The predicted octanol–water partition coefficient (Wildman–Crippen LogP) is 0.867. The smallest absolute Gasteiger partial charge is 0.281 e. The second kappa shape index (κ2) is 5.54.